The Morgan fingerprint density at radius 2 is 1.54 bits per heavy atom. The van der Waals surface area contributed by atoms with E-state index in [1.165, 1.54) is 11.1 Å². The summed E-state index contributed by atoms with van der Waals surface area (Å²) in [5.41, 5.74) is 2.42. The van der Waals surface area contributed by atoms with Crippen LogP contribution in [0.25, 0.3) is 0 Å². The second-order valence-corrected chi connectivity index (χ2v) is 6.71. The average molecular weight is 359 g/mol. The minimum atomic E-state index is -0.124. The van der Waals surface area contributed by atoms with Crippen LogP contribution in [-0.2, 0) is 20.8 Å². The van der Waals surface area contributed by atoms with Crippen LogP contribution in [0, 0.1) is 6.92 Å². The highest BCUT2D eigenvalue weighted by Gasteiger charge is 2.22. The predicted molar refractivity (Wildman–Crippen MR) is 101 cm³/mol. The summed E-state index contributed by atoms with van der Waals surface area (Å²) < 4.78 is 0. The number of carbonyl (C=O) groups excluding carboxylic acids is 3. The third-order valence-corrected chi connectivity index (χ3v) is 4.92. The second-order valence-electron chi connectivity index (χ2n) is 6.71. The molecule has 1 aliphatic heterocycles. The fourth-order valence-electron chi connectivity index (χ4n) is 3.21. The first-order chi connectivity index (χ1) is 12.5. The van der Waals surface area contributed by atoms with E-state index in [0.717, 1.165) is 12.8 Å². The highest BCUT2D eigenvalue weighted by molar-refractivity contribution is 5.83. The molecule has 0 radical (unpaired) electrons. The molecule has 2 rings (SSSR count). The van der Waals surface area contributed by atoms with Gasteiger partial charge in [-0.2, -0.15) is 0 Å². The number of benzene rings is 1. The monoisotopic (exact) mass is 359 g/mol. The van der Waals surface area contributed by atoms with Gasteiger partial charge in [0.2, 0.25) is 17.7 Å². The summed E-state index contributed by atoms with van der Waals surface area (Å²) in [4.78, 5) is 39.7. The molecule has 1 aromatic rings. The van der Waals surface area contributed by atoms with Crippen LogP contribution < -0.4 is 5.32 Å². The Labute approximate surface area is 155 Å². The first-order valence-electron chi connectivity index (χ1n) is 9.32. The Hall–Kier alpha value is -2.37. The highest BCUT2D eigenvalue weighted by atomic mass is 16.2. The van der Waals surface area contributed by atoms with Gasteiger partial charge in [0.15, 0.2) is 0 Å². The van der Waals surface area contributed by atoms with Gasteiger partial charge in [0.05, 0.1) is 0 Å². The lowest BCUT2D eigenvalue weighted by molar-refractivity contribution is -0.134. The van der Waals surface area contributed by atoms with E-state index in [1.54, 1.807) is 11.9 Å². The molecule has 1 aliphatic rings. The molecule has 1 heterocycles. The standard InChI is InChI=1S/C20H29N3O3/c1-16-6-3-4-7-17(16)8-10-19(25)22-12-5-13-23(15-14-22)20(26)11-9-18(24)21-2/h3-4,6-7H,5,8-15H2,1-2H3,(H,21,24). The van der Waals surface area contributed by atoms with Crippen molar-refractivity contribution in [1.29, 1.82) is 0 Å². The van der Waals surface area contributed by atoms with E-state index in [1.807, 2.05) is 17.0 Å². The van der Waals surface area contributed by atoms with Crippen molar-refractivity contribution in [2.75, 3.05) is 33.2 Å². The fourth-order valence-corrected chi connectivity index (χ4v) is 3.21. The fraction of sp³-hybridized carbons (Fsp3) is 0.550. The SMILES string of the molecule is CNC(=O)CCC(=O)N1CCCN(C(=O)CCc2ccccc2C)CC1. The molecule has 0 aromatic heterocycles. The summed E-state index contributed by atoms with van der Waals surface area (Å²) in [5.74, 6) is 0.0110. The molecule has 0 saturated carbocycles. The molecule has 3 amide bonds. The van der Waals surface area contributed by atoms with Crippen molar-refractivity contribution >= 4 is 17.7 Å². The lowest BCUT2D eigenvalue weighted by Crippen LogP contribution is -2.37. The summed E-state index contributed by atoms with van der Waals surface area (Å²) in [7, 11) is 1.57. The van der Waals surface area contributed by atoms with Gasteiger partial charge in [-0.25, -0.2) is 0 Å². The molecule has 1 fully saturated rings. The molecular formula is C20H29N3O3. The number of carbonyl (C=O) groups is 3. The summed E-state index contributed by atoms with van der Waals surface area (Å²) in [6.45, 7) is 4.51. The number of rotatable bonds is 6. The van der Waals surface area contributed by atoms with Crippen molar-refractivity contribution in [3.05, 3.63) is 35.4 Å². The van der Waals surface area contributed by atoms with Crippen LogP contribution in [0.3, 0.4) is 0 Å². The number of hydrogen-bond donors (Lipinski definition) is 1. The van der Waals surface area contributed by atoms with Gasteiger partial charge in [-0.3, -0.25) is 14.4 Å². The molecular weight excluding hydrogens is 330 g/mol. The number of nitrogens with one attached hydrogen (secondary N) is 1. The zero-order chi connectivity index (χ0) is 18.9. The van der Waals surface area contributed by atoms with Gasteiger partial charge in [-0.1, -0.05) is 24.3 Å². The van der Waals surface area contributed by atoms with Crippen LogP contribution in [-0.4, -0.2) is 60.7 Å². The van der Waals surface area contributed by atoms with E-state index < -0.39 is 0 Å². The van der Waals surface area contributed by atoms with Crippen LogP contribution in [0.15, 0.2) is 24.3 Å². The Balaban J connectivity index is 1.80. The van der Waals surface area contributed by atoms with Crippen LogP contribution in [0.1, 0.15) is 36.8 Å². The topological polar surface area (TPSA) is 69.7 Å². The summed E-state index contributed by atoms with van der Waals surface area (Å²) in [6, 6.07) is 8.14. The Morgan fingerprint density at radius 1 is 0.923 bits per heavy atom. The largest absolute Gasteiger partial charge is 0.359 e. The summed E-state index contributed by atoms with van der Waals surface area (Å²) in [5, 5.41) is 2.53. The first kappa shape index (κ1) is 19.9. The van der Waals surface area contributed by atoms with E-state index in [0.29, 0.717) is 32.6 Å². The van der Waals surface area contributed by atoms with Crippen LogP contribution in [0.5, 0.6) is 0 Å². The summed E-state index contributed by atoms with van der Waals surface area (Å²) in [6.07, 6.45) is 2.46. The first-order valence-corrected chi connectivity index (χ1v) is 9.32. The molecule has 6 heteroatoms. The lowest BCUT2D eigenvalue weighted by atomic mass is 10.0. The molecule has 0 spiro atoms. The van der Waals surface area contributed by atoms with Gasteiger partial charge < -0.3 is 15.1 Å². The summed E-state index contributed by atoms with van der Waals surface area (Å²) >= 11 is 0. The van der Waals surface area contributed by atoms with E-state index >= 15 is 0 Å². The van der Waals surface area contributed by atoms with Crippen molar-refractivity contribution < 1.29 is 14.4 Å². The zero-order valence-electron chi connectivity index (χ0n) is 15.8. The minimum absolute atomic E-state index is 0.0113. The average Bonchev–Trinajstić information content (AvgIpc) is 2.91. The van der Waals surface area contributed by atoms with Crippen molar-refractivity contribution in [2.45, 2.75) is 39.0 Å². The molecule has 0 atom stereocenters. The molecule has 0 unspecified atom stereocenters. The number of aryl methyl sites for hydroxylation is 2. The number of amides is 3. The number of nitrogens with zero attached hydrogens (tertiary/aromatic N) is 2. The van der Waals surface area contributed by atoms with Crippen LogP contribution in [0.4, 0.5) is 0 Å². The highest BCUT2D eigenvalue weighted by Crippen LogP contribution is 2.12. The molecule has 142 valence electrons. The van der Waals surface area contributed by atoms with Crippen LogP contribution >= 0.6 is 0 Å². The minimum Gasteiger partial charge on any atom is -0.359 e. The Bertz CT molecular complexity index is 645. The maximum absolute atomic E-state index is 12.5. The second kappa shape index (κ2) is 9.94. The van der Waals surface area contributed by atoms with Crippen LogP contribution in [0.2, 0.25) is 0 Å². The lowest BCUT2D eigenvalue weighted by Gasteiger charge is -2.22. The molecule has 6 nitrogen and oxygen atoms in total. The quantitative estimate of drug-likeness (QED) is 0.837. The molecule has 1 aromatic carbocycles. The van der Waals surface area contributed by atoms with Gasteiger partial charge in [-0.05, 0) is 30.9 Å². The van der Waals surface area contributed by atoms with Crippen molar-refractivity contribution in [1.82, 2.24) is 15.1 Å². The molecule has 26 heavy (non-hydrogen) atoms. The van der Waals surface area contributed by atoms with Crippen molar-refractivity contribution in [3.8, 4) is 0 Å². The van der Waals surface area contributed by atoms with Gasteiger partial charge >= 0.3 is 0 Å². The van der Waals surface area contributed by atoms with E-state index in [-0.39, 0.29) is 30.6 Å². The molecule has 1 N–H and O–H groups in total. The van der Waals surface area contributed by atoms with Crippen molar-refractivity contribution in [2.24, 2.45) is 0 Å². The predicted octanol–water partition coefficient (Wildman–Crippen LogP) is 1.51. The maximum Gasteiger partial charge on any atom is 0.223 e. The Morgan fingerprint density at radius 3 is 2.15 bits per heavy atom. The van der Waals surface area contributed by atoms with Crippen molar-refractivity contribution in [3.63, 3.8) is 0 Å². The Kier molecular flexibility index (Phi) is 7.63. The van der Waals surface area contributed by atoms with Gasteiger partial charge in [0, 0.05) is 52.5 Å². The van der Waals surface area contributed by atoms with Gasteiger partial charge in [0.1, 0.15) is 0 Å². The normalized spacial score (nSPS) is 14.7. The third kappa shape index (κ3) is 5.86. The molecule has 0 bridgehead atoms. The van der Waals surface area contributed by atoms with Gasteiger partial charge in [0.25, 0.3) is 0 Å². The van der Waals surface area contributed by atoms with Gasteiger partial charge in [-0.15, -0.1) is 0 Å². The number of hydrogen-bond acceptors (Lipinski definition) is 3. The maximum atomic E-state index is 12.5. The van der Waals surface area contributed by atoms with E-state index in [2.05, 4.69) is 24.4 Å². The zero-order valence-corrected chi connectivity index (χ0v) is 15.8. The smallest absolute Gasteiger partial charge is 0.223 e. The third-order valence-electron chi connectivity index (χ3n) is 4.92. The molecule has 0 aliphatic carbocycles. The van der Waals surface area contributed by atoms with E-state index in [4.69, 9.17) is 0 Å². The van der Waals surface area contributed by atoms with E-state index in [9.17, 15) is 14.4 Å². The molecule has 1 saturated heterocycles.